The van der Waals surface area contributed by atoms with Gasteiger partial charge in [-0.3, -0.25) is 4.90 Å². The van der Waals surface area contributed by atoms with Crippen molar-refractivity contribution in [2.24, 2.45) is 0 Å². The SMILES string of the molecule is COc1ccc2c(Oc3ccc(OCCN4CCCCC4)cc3)c(-c3ccc(OCc4ccccc4)cc3)[s+]([O-])c2c1. The highest BCUT2D eigenvalue weighted by molar-refractivity contribution is 7.35. The van der Waals surface area contributed by atoms with Gasteiger partial charge in [0.25, 0.3) is 0 Å². The summed E-state index contributed by atoms with van der Waals surface area (Å²) in [7, 11) is 0.158. The molecule has 42 heavy (non-hydrogen) atoms. The molecule has 1 aliphatic heterocycles. The molecule has 1 aliphatic rings. The van der Waals surface area contributed by atoms with Gasteiger partial charge in [-0.2, -0.15) is 0 Å². The second-order valence-electron chi connectivity index (χ2n) is 10.4. The van der Waals surface area contributed by atoms with Crippen LogP contribution in [-0.4, -0.2) is 42.8 Å². The van der Waals surface area contributed by atoms with Crippen LogP contribution in [0.4, 0.5) is 0 Å². The van der Waals surface area contributed by atoms with E-state index in [2.05, 4.69) is 4.90 Å². The first kappa shape index (κ1) is 28.1. The Labute approximate surface area is 249 Å². The number of hydrogen-bond acceptors (Lipinski definition) is 6. The lowest BCUT2D eigenvalue weighted by Crippen LogP contribution is -2.33. The molecular weight excluding hydrogens is 546 g/mol. The number of thiophene rings is 1. The van der Waals surface area contributed by atoms with Crippen molar-refractivity contribution in [2.75, 3.05) is 33.4 Å². The van der Waals surface area contributed by atoms with Crippen molar-refractivity contribution in [3.05, 3.63) is 103 Å². The lowest BCUT2D eigenvalue weighted by Gasteiger charge is -2.26. The quantitative estimate of drug-likeness (QED) is 0.146. The summed E-state index contributed by atoms with van der Waals surface area (Å²) in [6, 6.07) is 30.9. The molecule has 1 atom stereocenters. The van der Waals surface area contributed by atoms with E-state index < -0.39 is 10.8 Å². The zero-order valence-electron chi connectivity index (χ0n) is 23.8. The van der Waals surface area contributed by atoms with Crippen LogP contribution in [0.2, 0.25) is 0 Å². The van der Waals surface area contributed by atoms with Gasteiger partial charge >= 0.3 is 0 Å². The summed E-state index contributed by atoms with van der Waals surface area (Å²) in [5, 5.41) is 0.787. The molecule has 0 radical (unpaired) electrons. The summed E-state index contributed by atoms with van der Waals surface area (Å²) in [5.74, 6) is 3.42. The zero-order valence-corrected chi connectivity index (χ0v) is 24.6. The smallest absolute Gasteiger partial charge is 0.223 e. The molecule has 6 rings (SSSR count). The molecule has 0 aliphatic carbocycles. The molecule has 1 saturated heterocycles. The molecule has 0 amide bonds. The lowest BCUT2D eigenvalue weighted by molar-refractivity contribution is 0.183. The first-order chi connectivity index (χ1) is 20.7. The topological polar surface area (TPSA) is 63.2 Å². The van der Waals surface area contributed by atoms with Crippen molar-refractivity contribution in [1.29, 1.82) is 0 Å². The summed E-state index contributed by atoms with van der Waals surface area (Å²) >= 11 is 0. The Hall–Kier alpha value is -4.04. The molecule has 0 spiro atoms. The predicted molar refractivity (Wildman–Crippen MR) is 168 cm³/mol. The minimum absolute atomic E-state index is 0.479. The molecule has 1 aromatic heterocycles. The van der Waals surface area contributed by atoms with Crippen LogP contribution < -0.4 is 18.9 Å². The molecule has 216 valence electrons. The van der Waals surface area contributed by atoms with Crippen molar-refractivity contribution >= 4 is 20.8 Å². The van der Waals surface area contributed by atoms with Crippen LogP contribution in [0.1, 0.15) is 24.8 Å². The number of nitrogens with zero attached hydrogens (tertiary/aromatic N) is 1. The Morgan fingerprint density at radius 1 is 0.738 bits per heavy atom. The number of benzene rings is 4. The van der Waals surface area contributed by atoms with E-state index in [0.29, 0.717) is 40.0 Å². The summed E-state index contributed by atoms with van der Waals surface area (Å²) in [4.78, 5) is 3.08. The van der Waals surface area contributed by atoms with Crippen molar-refractivity contribution in [2.45, 2.75) is 25.9 Å². The number of ether oxygens (including phenoxy) is 4. The van der Waals surface area contributed by atoms with Crippen LogP contribution in [-0.2, 0) is 6.61 Å². The summed E-state index contributed by atoms with van der Waals surface area (Å²) in [6.45, 7) is 4.40. The summed E-state index contributed by atoms with van der Waals surface area (Å²) in [5.41, 5.74) is 1.91. The van der Waals surface area contributed by atoms with Gasteiger partial charge in [0, 0.05) is 18.2 Å². The summed E-state index contributed by atoms with van der Waals surface area (Å²) in [6.07, 6.45) is 3.88. The fourth-order valence-electron chi connectivity index (χ4n) is 5.27. The molecule has 6 nitrogen and oxygen atoms in total. The van der Waals surface area contributed by atoms with Crippen LogP contribution in [0.25, 0.3) is 20.5 Å². The molecule has 0 saturated carbocycles. The number of piperidine rings is 1. The van der Waals surface area contributed by atoms with Crippen molar-refractivity contribution in [3.8, 4) is 39.2 Å². The van der Waals surface area contributed by atoms with Gasteiger partial charge in [-0.15, -0.1) is 0 Å². The second-order valence-corrected chi connectivity index (χ2v) is 11.8. The highest BCUT2D eigenvalue weighted by Crippen LogP contribution is 2.52. The van der Waals surface area contributed by atoms with Gasteiger partial charge in [0.2, 0.25) is 4.88 Å². The fraction of sp³-hybridized carbons (Fsp3) is 0.257. The van der Waals surface area contributed by atoms with Gasteiger partial charge in [0.05, 0.1) is 12.5 Å². The van der Waals surface area contributed by atoms with Crippen LogP contribution in [0.3, 0.4) is 0 Å². The first-order valence-corrected chi connectivity index (χ1v) is 15.6. The highest BCUT2D eigenvalue weighted by Gasteiger charge is 2.27. The van der Waals surface area contributed by atoms with E-state index >= 15 is 0 Å². The number of fused-ring (bicyclic) bond motifs is 1. The molecule has 7 heteroatoms. The Bertz CT molecular complexity index is 1590. The number of likely N-dealkylation sites (tertiary alicyclic amines) is 1. The van der Waals surface area contributed by atoms with Crippen molar-refractivity contribution in [3.63, 3.8) is 0 Å². The number of hydrogen-bond donors (Lipinski definition) is 0. The maximum atomic E-state index is 13.8. The zero-order chi connectivity index (χ0) is 28.7. The second kappa shape index (κ2) is 13.3. The molecule has 4 aromatic carbocycles. The maximum Gasteiger partial charge on any atom is 0.223 e. The Balaban J connectivity index is 1.22. The lowest BCUT2D eigenvalue weighted by atomic mass is 10.1. The third kappa shape index (κ3) is 6.54. The van der Waals surface area contributed by atoms with Gasteiger partial charge in [-0.1, -0.05) is 36.8 Å². The van der Waals surface area contributed by atoms with Crippen LogP contribution in [0.5, 0.6) is 28.7 Å². The average Bonchev–Trinajstić information content (AvgIpc) is 3.32. The molecule has 2 heterocycles. The Morgan fingerprint density at radius 3 is 2.14 bits per heavy atom. The van der Waals surface area contributed by atoms with E-state index in [1.807, 2.05) is 97.1 Å². The summed E-state index contributed by atoms with van der Waals surface area (Å²) < 4.78 is 38.3. The predicted octanol–water partition coefficient (Wildman–Crippen LogP) is 8.48. The Kier molecular flexibility index (Phi) is 8.89. The Morgan fingerprint density at radius 2 is 1.40 bits per heavy atom. The standard InChI is InChI=1S/C35H35NO5S/c1-38-31-18-19-32-33(24-31)42(37)35(27-10-12-29(13-11-27)40-25-26-8-4-2-5-9-26)34(32)41-30-16-14-28(15-17-30)39-23-22-36-20-6-3-7-21-36/h2,4-5,8-19,24H,3,6-7,20-23,25H2,1H3. The van der Waals surface area contributed by atoms with Crippen LogP contribution >= 0.6 is 10.8 Å². The first-order valence-electron chi connectivity index (χ1n) is 14.4. The van der Waals surface area contributed by atoms with Crippen LogP contribution in [0, 0.1) is 0 Å². The van der Waals surface area contributed by atoms with E-state index in [9.17, 15) is 4.55 Å². The van der Waals surface area contributed by atoms with E-state index in [1.54, 1.807) is 7.11 Å². The molecule has 1 unspecified atom stereocenters. The van der Waals surface area contributed by atoms with Gasteiger partial charge in [0.1, 0.15) is 36.2 Å². The molecule has 0 bridgehead atoms. The largest absolute Gasteiger partial charge is 0.590 e. The van der Waals surface area contributed by atoms with Gasteiger partial charge in [-0.05, 0) is 103 Å². The minimum atomic E-state index is -1.45. The van der Waals surface area contributed by atoms with Gasteiger partial charge in [0.15, 0.2) is 10.4 Å². The van der Waals surface area contributed by atoms with E-state index in [1.165, 1.54) is 19.3 Å². The third-order valence-electron chi connectivity index (χ3n) is 7.56. The normalized spacial score (nSPS) is 14.1. The molecule has 5 aromatic rings. The maximum absolute atomic E-state index is 13.8. The van der Waals surface area contributed by atoms with Crippen molar-refractivity contribution in [1.82, 2.24) is 4.90 Å². The van der Waals surface area contributed by atoms with Gasteiger partial charge in [-0.25, -0.2) is 0 Å². The van der Waals surface area contributed by atoms with E-state index in [4.69, 9.17) is 18.9 Å². The number of methoxy groups -OCH3 is 1. The number of rotatable bonds is 11. The van der Waals surface area contributed by atoms with Gasteiger partial charge < -0.3 is 23.5 Å². The highest BCUT2D eigenvalue weighted by atomic mass is 32.2. The monoisotopic (exact) mass is 581 g/mol. The fourth-order valence-corrected chi connectivity index (χ4v) is 6.74. The average molecular weight is 582 g/mol. The molecule has 1 fully saturated rings. The minimum Gasteiger partial charge on any atom is -0.590 e. The molecule has 0 N–H and O–H groups in total. The third-order valence-corrected chi connectivity index (χ3v) is 9.09. The van der Waals surface area contributed by atoms with Crippen LogP contribution in [0.15, 0.2) is 97.1 Å². The van der Waals surface area contributed by atoms with E-state index in [0.717, 1.165) is 47.6 Å². The van der Waals surface area contributed by atoms with E-state index in [-0.39, 0.29) is 0 Å². The molecular formula is C35H35NO5S. The van der Waals surface area contributed by atoms with Crippen molar-refractivity contribution < 1.29 is 23.5 Å².